The molecule has 2 aliphatic heterocycles. The number of carbonyl (C=O) groups is 3. The Labute approximate surface area is 252 Å². The highest BCUT2D eigenvalue weighted by molar-refractivity contribution is 6.34. The maximum Gasteiger partial charge on any atom is 0.266 e. The first kappa shape index (κ1) is 28.4. The van der Waals surface area contributed by atoms with Crippen LogP contribution in [0.2, 0.25) is 0 Å². The number of carbonyl (C=O) groups excluding carboxylic acids is 3. The largest absolute Gasteiger partial charge is 0.457 e. The summed E-state index contributed by atoms with van der Waals surface area (Å²) in [6.45, 7) is 15.1. The van der Waals surface area contributed by atoms with Crippen molar-refractivity contribution in [3.8, 4) is 22.6 Å². The van der Waals surface area contributed by atoms with Crippen molar-refractivity contribution in [1.29, 1.82) is 0 Å². The van der Waals surface area contributed by atoms with Gasteiger partial charge in [-0.1, -0.05) is 45.0 Å². The molecule has 0 N–H and O–H groups in total. The zero-order valence-corrected chi connectivity index (χ0v) is 25.7. The highest BCUT2D eigenvalue weighted by Gasteiger charge is 2.38. The van der Waals surface area contributed by atoms with E-state index in [1.165, 1.54) is 10.5 Å². The Bertz CT molecular complexity index is 1790. The lowest BCUT2D eigenvalue weighted by Crippen LogP contribution is -2.41. The average molecular weight is 573 g/mol. The third-order valence-electron chi connectivity index (χ3n) is 8.29. The number of rotatable bonds is 4. The van der Waals surface area contributed by atoms with Gasteiger partial charge in [0.05, 0.1) is 16.8 Å². The second kappa shape index (κ2) is 9.94. The van der Waals surface area contributed by atoms with Crippen molar-refractivity contribution in [3.63, 3.8) is 0 Å². The third kappa shape index (κ3) is 5.01. The lowest BCUT2D eigenvalue weighted by molar-refractivity contribution is 0.0608. The van der Waals surface area contributed by atoms with Gasteiger partial charge in [0.15, 0.2) is 0 Å². The fourth-order valence-electron chi connectivity index (χ4n) is 5.85. The molecule has 4 aromatic rings. The van der Waals surface area contributed by atoms with Gasteiger partial charge >= 0.3 is 0 Å². The van der Waals surface area contributed by atoms with E-state index in [0.717, 1.165) is 27.8 Å². The standard InChI is InChI=1S/C37H36N2O4/c1-22-18-24(19-25-21-38(37(5,6)7)35(42)32(22)25)23-8-17-30-31(20-23)34(41)39(33(30)40)27-11-15-29(16-12-27)43-28-13-9-26(10-14-28)36(2,3)4/h8-20H,21H2,1-7H3. The summed E-state index contributed by atoms with van der Waals surface area (Å²) in [6, 6.07) is 24.4. The monoisotopic (exact) mass is 572 g/mol. The first-order valence-corrected chi connectivity index (χ1v) is 14.6. The molecule has 218 valence electrons. The second-order valence-electron chi connectivity index (χ2n) is 13.5. The van der Waals surface area contributed by atoms with E-state index in [-0.39, 0.29) is 28.7 Å². The molecule has 0 unspecified atom stereocenters. The Morgan fingerprint density at radius 2 is 1.26 bits per heavy atom. The SMILES string of the molecule is Cc1cc(-c2ccc3c(c2)C(=O)N(c2ccc(Oc4ccc(C(C)(C)C)cc4)cc2)C3=O)cc2c1C(=O)N(C(C)(C)C)C2. The summed E-state index contributed by atoms with van der Waals surface area (Å²) >= 11 is 0. The summed E-state index contributed by atoms with van der Waals surface area (Å²) in [7, 11) is 0. The maximum absolute atomic E-state index is 13.6. The van der Waals surface area contributed by atoms with Crippen molar-refractivity contribution < 1.29 is 19.1 Å². The van der Waals surface area contributed by atoms with Crippen LogP contribution in [0.3, 0.4) is 0 Å². The number of anilines is 1. The molecule has 0 radical (unpaired) electrons. The van der Waals surface area contributed by atoms with Gasteiger partial charge < -0.3 is 9.64 Å². The quantitative estimate of drug-likeness (QED) is 0.231. The van der Waals surface area contributed by atoms with Crippen LogP contribution in [0.25, 0.3) is 11.1 Å². The van der Waals surface area contributed by atoms with Gasteiger partial charge in [-0.3, -0.25) is 14.4 Å². The minimum atomic E-state index is -0.361. The zero-order valence-electron chi connectivity index (χ0n) is 25.7. The first-order valence-electron chi connectivity index (χ1n) is 14.6. The molecule has 3 amide bonds. The van der Waals surface area contributed by atoms with Crippen LogP contribution in [0.4, 0.5) is 5.69 Å². The van der Waals surface area contributed by atoms with E-state index in [2.05, 4.69) is 32.9 Å². The van der Waals surface area contributed by atoms with Crippen molar-refractivity contribution in [2.45, 2.75) is 66.0 Å². The first-order chi connectivity index (χ1) is 20.2. The summed E-state index contributed by atoms with van der Waals surface area (Å²) in [5.41, 5.74) is 6.60. The van der Waals surface area contributed by atoms with Gasteiger partial charge in [-0.25, -0.2) is 4.90 Å². The molecule has 6 rings (SSSR count). The molecule has 43 heavy (non-hydrogen) atoms. The zero-order chi connectivity index (χ0) is 30.8. The highest BCUT2D eigenvalue weighted by atomic mass is 16.5. The Hall–Kier alpha value is -4.71. The normalized spacial score (nSPS) is 14.8. The van der Waals surface area contributed by atoms with Gasteiger partial charge in [0.1, 0.15) is 11.5 Å². The molecule has 2 aliphatic rings. The summed E-state index contributed by atoms with van der Waals surface area (Å²) < 4.78 is 6.00. The van der Waals surface area contributed by atoms with Crippen LogP contribution in [0.1, 0.15) is 89.3 Å². The molecule has 0 saturated heterocycles. The molecule has 6 nitrogen and oxygen atoms in total. The smallest absolute Gasteiger partial charge is 0.266 e. The van der Waals surface area contributed by atoms with E-state index < -0.39 is 0 Å². The minimum absolute atomic E-state index is 0.0479. The van der Waals surface area contributed by atoms with Crippen molar-refractivity contribution in [3.05, 3.63) is 112 Å². The molecule has 0 aliphatic carbocycles. The fraction of sp³-hybridized carbons (Fsp3) is 0.270. The van der Waals surface area contributed by atoms with E-state index >= 15 is 0 Å². The lowest BCUT2D eigenvalue weighted by Gasteiger charge is -2.31. The molecule has 0 fully saturated rings. The molecule has 0 aromatic heterocycles. The molecular formula is C37H36N2O4. The number of hydrogen-bond donors (Lipinski definition) is 0. The topological polar surface area (TPSA) is 66.9 Å². The molecule has 0 atom stereocenters. The summed E-state index contributed by atoms with van der Waals surface area (Å²) in [5, 5.41) is 0. The molecule has 0 bridgehead atoms. The van der Waals surface area contributed by atoms with Gasteiger partial charge in [0.25, 0.3) is 17.7 Å². The molecule has 2 heterocycles. The van der Waals surface area contributed by atoms with E-state index in [0.29, 0.717) is 34.9 Å². The third-order valence-corrected chi connectivity index (χ3v) is 8.29. The number of nitrogens with zero attached hydrogens (tertiary/aromatic N) is 2. The molecule has 0 spiro atoms. The van der Waals surface area contributed by atoms with Crippen molar-refractivity contribution in [1.82, 2.24) is 4.90 Å². The minimum Gasteiger partial charge on any atom is -0.457 e. The van der Waals surface area contributed by atoms with Crippen LogP contribution in [0, 0.1) is 6.92 Å². The number of benzene rings is 4. The maximum atomic E-state index is 13.6. The predicted molar refractivity (Wildman–Crippen MR) is 169 cm³/mol. The van der Waals surface area contributed by atoms with E-state index in [9.17, 15) is 14.4 Å². The number of amides is 3. The highest BCUT2D eigenvalue weighted by Crippen LogP contribution is 2.37. The van der Waals surface area contributed by atoms with Crippen LogP contribution in [-0.2, 0) is 12.0 Å². The Balaban J connectivity index is 1.23. The molecular weight excluding hydrogens is 536 g/mol. The number of imide groups is 1. The van der Waals surface area contributed by atoms with Crippen LogP contribution >= 0.6 is 0 Å². The number of aryl methyl sites for hydroxylation is 1. The summed E-state index contributed by atoms with van der Waals surface area (Å²) in [4.78, 5) is 43.1. The Kier molecular flexibility index (Phi) is 6.57. The van der Waals surface area contributed by atoms with Crippen molar-refractivity contribution in [2.24, 2.45) is 0 Å². The van der Waals surface area contributed by atoms with Crippen LogP contribution in [0.5, 0.6) is 11.5 Å². The van der Waals surface area contributed by atoms with Gasteiger partial charge in [0.2, 0.25) is 0 Å². The van der Waals surface area contributed by atoms with E-state index in [1.54, 1.807) is 36.4 Å². The number of ether oxygens (including phenoxy) is 1. The molecule has 6 heteroatoms. The number of fused-ring (bicyclic) bond motifs is 2. The summed E-state index contributed by atoms with van der Waals surface area (Å²) in [6.07, 6.45) is 0. The summed E-state index contributed by atoms with van der Waals surface area (Å²) in [5.74, 6) is 0.662. The van der Waals surface area contributed by atoms with Crippen LogP contribution in [-0.4, -0.2) is 28.2 Å². The van der Waals surface area contributed by atoms with Crippen LogP contribution in [0.15, 0.2) is 78.9 Å². The Morgan fingerprint density at radius 1 is 0.651 bits per heavy atom. The van der Waals surface area contributed by atoms with Gasteiger partial charge in [-0.2, -0.15) is 0 Å². The van der Waals surface area contributed by atoms with E-state index in [1.807, 2.05) is 62.9 Å². The molecule has 4 aromatic carbocycles. The van der Waals surface area contributed by atoms with Gasteiger partial charge in [-0.15, -0.1) is 0 Å². The van der Waals surface area contributed by atoms with E-state index in [4.69, 9.17) is 4.74 Å². The van der Waals surface area contributed by atoms with Gasteiger partial charge in [0, 0.05) is 17.6 Å². The average Bonchev–Trinajstić information content (AvgIpc) is 3.42. The fourth-order valence-corrected chi connectivity index (χ4v) is 5.85. The van der Waals surface area contributed by atoms with Crippen LogP contribution < -0.4 is 9.64 Å². The van der Waals surface area contributed by atoms with Crippen molar-refractivity contribution >= 4 is 23.4 Å². The molecule has 0 saturated carbocycles. The second-order valence-corrected chi connectivity index (χ2v) is 13.5. The number of hydrogen-bond acceptors (Lipinski definition) is 4. The predicted octanol–water partition coefficient (Wildman–Crippen LogP) is 8.31. The van der Waals surface area contributed by atoms with Crippen molar-refractivity contribution in [2.75, 3.05) is 4.90 Å². The lowest BCUT2D eigenvalue weighted by atomic mass is 9.87. The van der Waals surface area contributed by atoms with Gasteiger partial charge in [-0.05, 0) is 116 Å². The Morgan fingerprint density at radius 3 is 1.86 bits per heavy atom.